The fraction of sp³-hybridized carbons (Fsp3) is 0.630. The Kier molecular flexibility index (Phi) is 9.34. The number of rotatable bonds is 12. The number of nitrogens with zero attached hydrogens (tertiary/aromatic N) is 2. The van der Waals surface area contributed by atoms with Crippen LogP contribution in [0.25, 0.3) is 5.57 Å². The molecular formula is C27H40N2O3. The summed E-state index contributed by atoms with van der Waals surface area (Å²) < 4.78 is 0. The number of unbranched alkanes of at least 4 members (excludes halogenated alkanes) is 7. The van der Waals surface area contributed by atoms with Gasteiger partial charge in [-0.05, 0) is 37.7 Å². The third-order valence-corrected chi connectivity index (χ3v) is 6.81. The highest BCUT2D eigenvalue weighted by Crippen LogP contribution is 2.34. The van der Waals surface area contributed by atoms with Crippen molar-refractivity contribution in [2.75, 3.05) is 26.2 Å². The molecule has 1 aromatic rings. The zero-order valence-electron chi connectivity index (χ0n) is 19.9. The molecule has 2 aliphatic rings. The lowest BCUT2D eigenvalue weighted by Gasteiger charge is -2.34. The van der Waals surface area contributed by atoms with Crippen molar-refractivity contribution in [1.82, 2.24) is 9.80 Å². The van der Waals surface area contributed by atoms with Crippen molar-refractivity contribution in [3.8, 4) is 0 Å². The number of hydrogen-bond donors (Lipinski definition) is 1. The molecule has 3 rings (SSSR count). The molecule has 1 saturated heterocycles. The minimum absolute atomic E-state index is 0.119. The van der Waals surface area contributed by atoms with Crippen LogP contribution in [-0.4, -0.2) is 53.0 Å². The Morgan fingerprint density at radius 3 is 2.25 bits per heavy atom. The lowest BCUT2D eigenvalue weighted by atomic mass is 9.96. The summed E-state index contributed by atoms with van der Waals surface area (Å²) in [6.07, 6.45) is 11.3. The average Bonchev–Trinajstić information content (AvgIpc) is 3.06. The molecular weight excluding hydrogens is 400 g/mol. The first-order valence-corrected chi connectivity index (χ1v) is 12.6. The second kappa shape index (κ2) is 12.2. The quantitative estimate of drug-likeness (QED) is 0.370. The van der Waals surface area contributed by atoms with Gasteiger partial charge in [0.15, 0.2) is 0 Å². The maximum absolute atomic E-state index is 13.4. The van der Waals surface area contributed by atoms with E-state index in [-0.39, 0.29) is 24.3 Å². The van der Waals surface area contributed by atoms with Crippen LogP contribution >= 0.6 is 0 Å². The molecule has 1 N–H and O–H groups in total. The van der Waals surface area contributed by atoms with Crippen LogP contribution in [0.3, 0.4) is 0 Å². The maximum atomic E-state index is 13.4. The highest BCUT2D eigenvalue weighted by atomic mass is 16.3. The first-order valence-electron chi connectivity index (χ1n) is 12.6. The van der Waals surface area contributed by atoms with Crippen molar-refractivity contribution in [1.29, 1.82) is 0 Å². The molecule has 0 spiro atoms. The first-order chi connectivity index (χ1) is 15.6. The van der Waals surface area contributed by atoms with Crippen LogP contribution in [0.2, 0.25) is 0 Å². The van der Waals surface area contributed by atoms with E-state index in [4.69, 9.17) is 0 Å². The molecule has 1 atom stereocenters. The highest BCUT2D eigenvalue weighted by molar-refractivity contribution is 6.35. The summed E-state index contributed by atoms with van der Waals surface area (Å²) in [6, 6.07) is 7.88. The molecule has 2 heterocycles. The van der Waals surface area contributed by atoms with Gasteiger partial charge in [-0.2, -0.15) is 0 Å². The summed E-state index contributed by atoms with van der Waals surface area (Å²) in [5.74, 6) is -0.171. The van der Waals surface area contributed by atoms with E-state index in [1.165, 1.54) is 37.0 Å². The van der Waals surface area contributed by atoms with Gasteiger partial charge in [0.2, 0.25) is 0 Å². The monoisotopic (exact) mass is 440 g/mol. The summed E-state index contributed by atoms with van der Waals surface area (Å²) in [5, 5.41) is 9.66. The topological polar surface area (TPSA) is 60.9 Å². The maximum Gasteiger partial charge on any atom is 0.277 e. The minimum Gasteiger partial charge on any atom is -0.396 e. The van der Waals surface area contributed by atoms with E-state index >= 15 is 0 Å². The predicted octanol–water partition coefficient (Wildman–Crippen LogP) is 4.92. The predicted molar refractivity (Wildman–Crippen MR) is 129 cm³/mol. The molecule has 176 valence electrons. The van der Waals surface area contributed by atoms with E-state index in [0.29, 0.717) is 24.4 Å². The largest absolute Gasteiger partial charge is 0.396 e. The summed E-state index contributed by atoms with van der Waals surface area (Å²) in [4.78, 5) is 30.4. The van der Waals surface area contributed by atoms with Gasteiger partial charge in [0, 0.05) is 26.2 Å². The van der Waals surface area contributed by atoms with Gasteiger partial charge in [0.1, 0.15) is 5.70 Å². The zero-order valence-corrected chi connectivity index (χ0v) is 19.9. The Labute approximate surface area is 193 Å². The molecule has 5 nitrogen and oxygen atoms in total. The number of amides is 2. The second-order valence-corrected chi connectivity index (χ2v) is 9.46. The van der Waals surface area contributed by atoms with Crippen LogP contribution < -0.4 is 0 Å². The number of carbonyl (C=O) groups excluding carboxylic acids is 2. The van der Waals surface area contributed by atoms with Gasteiger partial charge in [-0.15, -0.1) is 0 Å². The Hall–Kier alpha value is -2.14. The SMILES string of the molecule is CCCCCCCCCCN1C(=O)C(c2ccc(C)cc2)=C(N2CCCC(CO)C2)C1=O. The second-order valence-electron chi connectivity index (χ2n) is 9.46. The fourth-order valence-corrected chi connectivity index (χ4v) is 4.86. The smallest absolute Gasteiger partial charge is 0.277 e. The van der Waals surface area contributed by atoms with Gasteiger partial charge in [0.25, 0.3) is 11.8 Å². The van der Waals surface area contributed by atoms with Gasteiger partial charge in [-0.3, -0.25) is 14.5 Å². The van der Waals surface area contributed by atoms with Crippen molar-refractivity contribution >= 4 is 17.4 Å². The molecule has 0 saturated carbocycles. The number of imide groups is 1. The number of benzene rings is 1. The van der Waals surface area contributed by atoms with E-state index in [1.807, 2.05) is 36.1 Å². The van der Waals surface area contributed by atoms with Crippen LogP contribution in [-0.2, 0) is 9.59 Å². The van der Waals surface area contributed by atoms with Crippen molar-refractivity contribution in [2.45, 2.75) is 78.1 Å². The van der Waals surface area contributed by atoms with Crippen LogP contribution in [0, 0.1) is 12.8 Å². The van der Waals surface area contributed by atoms with Crippen LogP contribution in [0.1, 0.15) is 82.3 Å². The van der Waals surface area contributed by atoms with E-state index in [1.54, 1.807) is 0 Å². The minimum atomic E-state index is -0.164. The Balaban J connectivity index is 1.70. The fourth-order valence-electron chi connectivity index (χ4n) is 4.86. The zero-order chi connectivity index (χ0) is 22.9. The molecule has 5 heteroatoms. The van der Waals surface area contributed by atoms with E-state index in [9.17, 15) is 14.7 Å². The van der Waals surface area contributed by atoms with Crippen molar-refractivity contribution in [3.63, 3.8) is 0 Å². The van der Waals surface area contributed by atoms with Crippen LogP contribution in [0.4, 0.5) is 0 Å². The highest BCUT2D eigenvalue weighted by Gasteiger charge is 2.42. The van der Waals surface area contributed by atoms with Crippen molar-refractivity contribution in [3.05, 3.63) is 41.1 Å². The summed E-state index contributed by atoms with van der Waals surface area (Å²) in [5.41, 5.74) is 3.01. The lowest BCUT2D eigenvalue weighted by Crippen LogP contribution is -2.40. The summed E-state index contributed by atoms with van der Waals surface area (Å²) in [7, 11) is 0. The third kappa shape index (κ3) is 6.00. The lowest BCUT2D eigenvalue weighted by molar-refractivity contribution is -0.137. The number of aliphatic hydroxyl groups is 1. The Bertz CT molecular complexity index is 800. The van der Waals surface area contributed by atoms with Crippen LogP contribution in [0.5, 0.6) is 0 Å². The summed E-state index contributed by atoms with van der Waals surface area (Å²) in [6.45, 7) is 6.24. The van der Waals surface area contributed by atoms with Gasteiger partial charge in [-0.25, -0.2) is 0 Å². The first kappa shape index (κ1) is 24.5. The summed E-state index contributed by atoms with van der Waals surface area (Å²) >= 11 is 0. The molecule has 1 fully saturated rings. The molecule has 0 radical (unpaired) electrons. The van der Waals surface area contributed by atoms with Crippen LogP contribution in [0.15, 0.2) is 30.0 Å². The van der Waals surface area contributed by atoms with Gasteiger partial charge >= 0.3 is 0 Å². The Morgan fingerprint density at radius 1 is 0.938 bits per heavy atom. The number of carbonyl (C=O) groups is 2. The van der Waals surface area contributed by atoms with E-state index < -0.39 is 0 Å². The number of likely N-dealkylation sites (tertiary alicyclic amines) is 1. The molecule has 0 aliphatic carbocycles. The molecule has 0 bridgehead atoms. The molecule has 2 amide bonds. The Morgan fingerprint density at radius 2 is 1.59 bits per heavy atom. The normalized spacial score (nSPS) is 19.4. The molecule has 0 aromatic heterocycles. The number of hydrogen-bond acceptors (Lipinski definition) is 4. The number of piperidine rings is 1. The molecule has 2 aliphatic heterocycles. The standard InChI is InChI=1S/C27H40N2O3/c1-3-4-5-6-7-8-9-10-18-29-26(31)24(23-15-13-21(2)14-16-23)25(27(29)32)28-17-11-12-22(19-28)20-30/h13-16,22,30H,3-12,17-20H2,1-2H3. The average molecular weight is 441 g/mol. The van der Waals surface area contributed by atoms with Gasteiger partial charge in [0.05, 0.1) is 5.57 Å². The molecule has 1 aromatic carbocycles. The van der Waals surface area contributed by atoms with Crippen molar-refractivity contribution < 1.29 is 14.7 Å². The van der Waals surface area contributed by atoms with Crippen molar-refractivity contribution in [2.24, 2.45) is 5.92 Å². The number of aryl methyl sites for hydroxylation is 1. The van der Waals surface area contributed by atoms with Gasteiger partial charge in [-0.1, -0.05) is 81.7 Å². The third-order valence-electron chi connectivity index (χ3n) is 6.81. The van der Waals surface area contributed by atoms with E-state index in [0.717, 1.165) is 49.8 Å². The van der Waals surface area contributed by atoms with E-state index in [2.05, 4.69) is 6.92 Å². The number of aliphatic hydroxyl groups excluding tert-OH is 1. The molecule has 32 heavy (non-hydrogen) atoms. The molecule has 1 unspecified atom stereocenters. The van der Waals surface area contributed by atoms with Gasteiger partial charge < -0.3 is 10.0 Å².